The molecule has 0 bridgehead atoms. The third-order valence-electron chi connectivity index (χ3n) is 5.58. The predicted molar refractivity (Wildman–Crippen MR) is 129 cm³/mol. The minimum absolute atomic E-state index is 0.0132. The van der Waals surface area contributed by atoms with Crippen molar-refractivity contribution in [1.82, 2.24) is 5.32 Å². The Labute approximate surface area is 209 Å². The van der Waals surface area contributed by atoms with Crippen LogP contribution in [-0.4, -0.2) is 69.0 Å². The van der Waals surface area contributed by atoms with Crippen molar-refractivity contribution in [2.75, 3.05) is 6.61 Å². The van der Waals surface area contributed by atoms with Crippen molar-refractivity contribution in [1.29, 1.82) is 0 Å². The molecule has 6 N–H and O–H groups in total. The molecule has 36 heavy (non-hydrogen) atoms. The summed E-state index contributed by atoms with van der Waals surface area (Å²) in [7, 11) is 0. The number of nitrogens with two attached hydrogens (primary N) is 1. The normalized spacial score (nSPS) is 23.3. The summed E-state index contributed by atoms with van der Waals surface area (Å²) in [6.45, 7) is 10.4. The number of aliphatic hydroxyl groups excluding tert-OH is 1. The maximum Gasteiger partial charge on any atom is 0.321 e. The molecule has 1 aromatic carbocycles. The molecule has 7 atom stereocenters. The van der Waals surface area contributed by atoms with Crippen LogP contribution in [0.1, 0.15) is 53.3 Å². The van der Waals surface area contributed by atoms with E-state index in [-0.39, 0.29) is 23.7 Å². The summed E-state index contributed by atoms with van der Waals surface area (Å²) in [5, 5.41) is 40.0. The van der Waals surface area contributed by atoms with Crippen LogP contribution in [0, 0.1) is 22.0 Å². The van der Waals surface area contributed by atoms with Crippen LogP contribution in [0.5, 0.6) is 0 Å². The first kappa shape index (κ1) is 32.9. The van der Waals surface area contributed by atoms with E-state index in [1.165, 1.54) is 26.0 Å². The second-order valence-electron chi connectivity index (χ2n) is 8.30. The second kappa shape index (κ2) is 15.8. The van der Waals surface area contributed by atoms with E-state index in [0.717, 1.165) is 0 Å². The number of rotatable bonds is 7. The summed E-state index contributed by atoms with van der Waals surface area (Å²) in [5.41, 5.74) is 5.86. The van der Waals surface area contributed by atoms with Crippen molar-refractivity contribution in [3.8, 4) is 0 Å². The van der Waals surface area contributed by atoms with E-state index in [1.54, 1.807) is 26.0 Å². The summed E-state index contributed by atoms with van der Waals surface area (Å²) in [5.74, 6) is -2.79. The first-order valence-corrected chi connectivity index (χ1v) is 11.3. The molecule has 0 amide bonds. The monoisotopic (exact) mass is 515 g/mol. The Hall–Kier alpha value is -3.13. The van der Waals surface area contributed by atoms with Gasteiger partial charge in [-0.2, -0.15) is 0 Å². The lowest BCUT2D eigenvalue weighted by Crippen LogP contribution is -2.53. The molecule has 204 valence electrons. The number of carbonyl (C=O) groups is 3. The van der Waals surface area contributed by atoms with Gasteiger partial charge in [0.25, 0.3) is 5.69 Å². The van der Waals surface area contributed by atoms with Gasteiger partial charge in [0.2, 0.25) is 0 Å². The van der Waals surface area contributed by atoms with E-state index in [1.807, 2.05) is 13.8 Å². The zero-order valence-electron chi connectivity index (χ0n) is 21.3. The summed E-state index contributed by atoms with van der Waals surface area (Å²) >= 11 is 0. The highest BCUT2D eigenvalue weighted by molar-refractivity contribution is 5.74. The molecule has 1 aromatic rings. The molecule has 1 aliphatic heterocycles. The lowest BCUT2D eigenvalue weighted by molar-refractivity contribution is -0.384. The number of carboxylic acid groups (broad SMARTS) is 2. The number of benzene rings is 1. The topological polar surface area (TPSA) is 212 Å². The maximum atomic E-state index is 11.2. The first-order valence-electron chi connectivity index (χ1n) is 11.3. The highest BCUT2D eigenvalue weighted by Gasteiger charge is 2.37. The fourth-order valence-corrected chi connectivity index (χ4v) is 2.93. The number of aliphatic carboxylic acids is 2. The lowest BCUT2D eigenvalue weighted by Gasteiger charge is -2.38. The van der Waals surface area contributed by atoms with Gasteiger partial charge in [-0.3, -0.25) is 29.8 Å². The van der Waals surface area contributed by atoms with E-state index >= 15 is 0 Å². The van der Waals surface area contributed by atoms with Crippen LogP contribution in [0.25, 0.3) is 0 Å². The molecule has 13 nitrogen and oxygen atoms in total. The SMILES string of the molecule is CCOC(C)=O.C[C@@H]([C@H](C)O)[C@H](N)C(=O)O.C[C@H]1[C@H](C)O[C@H](c2ccc([N+](=O)[O-])cc2)N[C@@H]1C(=O)O. The maximum absolute atomic E-state index is 11.2. The Morgan fingerprint density at radius 1 is 1.19 bits per heavy atom. The van der Waals surface area contributed by atoms with Gasteiger partial charge < -0.3 is 30.5 Å². The largest absolute Gasteiger partial charge is 0.480 e. The molecule has 1 saturated heterocycles. The number of hydrogen-bond acceptors (Lipinski definition) is 10. The summed E-state index contributed by atoms with van der Waals surface area (Å²) in [4.78, 5) is 41.4. The molecular formula is C23H37N3O10. The second-order valence-corrected chi connectivity index (χ2v) is 8.30. The van der Waals surface area contributed by atoms with Crippen LogP contribution in [0.2, 0.25) is 0 Å². The van der Waals surface area contributed by atoms with Crippen LogP contribution in [0.3, 0.4) is 0 Å². The number of aliphatic hydroxyl groups is 1. The van der Waals surface area contributed by atoms with E-state index in [9.17, 15) is 29.6 Å². The molecule has 13 heteroatoms. The molecule has 0 aromatic heterocycles. The molecule has 0 spiro atoms. The van der Waals surface area contributed by atoms with Crippen LogP contribution in [-0.2, 0) is 23.9 Å². The van der Waals surface area contributed by atoms with Gasteiger partial charge in [-0.1, -0.05) is 13.8 Å². The van der Waals surface area contributed by atoms with Crippen molar-refractivity contribution in [2.24, 2.45) is 17.6 Å². The number of ether oxygens (including phenoxy) is 2. The predicted octanol–water partition coefficient (Wildman–Crippen LogP) is 1.68. The van der Waals surface area contributed by atoms with Gasteiger partial charge in [0, 0.05) is 30.9 Å². The number of nitro benzene ring substituents is 1. The zero-order valence-corrected chi connectivity index (χ0v) is 21.3. The molecule has 0 radical (unpaired) electrons. The molecule has 1 heterocycles. The minimum atomic E-state index is -1.08. The number of hydrogen-bond donors (Lipinski definition) is 5. The molecule has 1 aliphatic rings. The standard InChI is InChI=1S/C13H16N2O5.C6H13NO3.C4H8O2/c1-7-8(2)20-12(14-11(7)13(16)17)9-3-5-10(6-4-9)15(18)19;1-3(4(2)8)5(7)6(9)10;1-3-6-4(2)5/h3-8,11-12,14H,1-2H3,(H,16,17);3-5,8H,7H2,1-2H3,(H,9,10);3H2,1-2H3/t7-,8-,11-,12+;3-,4-,5-;/m00./s1. The molecule has 1 fully saturated rings. The van der Waals surface area contributed by atoms with Gasteiger partial charge in [0.1, 0.15) is 18.3 Å². The number of nitrogens with one attached hydrogen (secondary N) is 1. The number of carboxylic acids is 2. The molecular weight excluding hydrogens is 478 g/mol. The highest BCUT2D eigenvalue weighted by Crippen LogP contribution is 2.29. The average Bonchev–Trinajstić information content (AvgIpc) is 2.80. The fourth-order valence-electron chi connectivity index (χ4n) is 2.93. The smallest absolute Gasteiger partial charge is 0.321 e. The van der Waals surface area contributed by atoms with Gasteiger partial charge in [0.05, 0.1) is 23.7 Å². The van der Waals surface area contributed by atoms with E-state index < -0.39 is 47.2 Å². The summed E-state index contributed by atoms with van der Waals surface area (Å²) < 4.78 is 10.1. The Bertz CT molecular complexity index is 862. The number of non-ortho nitro benzene ring substituents is 1. The molecule has 0 aliphatic carbocycles. The van der Waals surface area contributed by atoms with Crippen LogP contribution < -0.4 is 11.1 Å². The average molecular weight is 516 g/mol. The molecule has 0 saturated carbocycles. The van der Waals surface area contributed by atoms with Gasteiger partial charge >= 0.3 is 17.9 Å². The summed E-state index contributed by atoms with van der Waals surface area (Å²) in [6, 6.07) is 4.20. The minimum Gasteiger partial charge on any atom is -0.480 e. The molecule has 0 unspecified atom stereocenters. The Kier molecular flexibility index (Phi) is 14.4. The molecule has 2 rings (SSSR count). The van der Waals surface area contributed by atoms with Gasteiger partial charge in [-0.15, -0.1) is 0 Å². The van der Waals surface area contributed by atoms with E-state index in [4.69, 9.17) is 20.7 Å². The Morgan fingerprint density at radius 2 is 1.72 bits per heavy atom. The van der Waals surface area contributed by atoms with Gasteiger partial charge in [-0.05, 0) is 38.5 Å². The van der Waals surface area contributed by atoms with Crippen molar-refractivity contribution < 1.29 is 44.1 Å². The Morgan fingerprint density at radius 3 is 2.03 bits per heavy atom. The zero-order chi connectivity index (χ0) is 28.2. The highest BCUT2D eigenvalue weighted by atomic mass is 16.6. The van der Waals surface area contributed by atoms with Crippen molar-refractivity contribution in [2.45, 2.75) is 72.1 Å². The van der Waals surface area contributed by atoms with E-state index in [0.29, 0.717) is 12.2 Å². The van der Waals surface area contributed by atoms with Gasteiger partial charge in [0.15, 0.2) is 0 Å². The fraction of sp³-hybridized carbons (Fsp3) is 0.609. The van der Waals surface area contributed by atoms with Crippen molar-refractivity contribution in [3.05, 3.63) is 39.9 Å². The number of nitrogens with zero attached hydrogens (tertiary/aromatic N) is 1. The lowest BCUT2D eigenvalue weighted by atomic mass is 9.94. The van der Waals surface area contributed by atoms with Crippen molar-refractivity contribution in [3.63, 3.8) is 0 Å². The van der Waals surface area contributed by atoms with Crippen LogP contribution in [0.4, 0.5) is 5.69 Å². The quantitative estimate of drug-likeness (QED) is 0.199. The van der Waals surface area contributed by atoms with E-state index in [2.05, 4.69) is 10.1 Å². The van der Waals surface area contributed by atoms with Crippen molar-refractivity contribution >= 4 is 23.6 Å². The van der Waals surface area contributed by atoms with Gasteiger partial charge in [-0.25, -0.2) is 0 Å². The van der Waals surface area contributed by atoms with Crippen LogP contribution in [0.15, 0.2) is 24.3 Å². The third-order valence-corrected chi connectivity index (χ3v) is 5.58. The third kappa shape index (κ3) is 11.1. The van der Waals surface area contributed by atoms with Crippen LogP contribution >= 0.6 is 0 Å². The summed E-state index contributed by atoms with van der Waals surface area (Å²) in [6.07, 6.45) is -1.48. The number of nitro groups is 1. The number of carbonyl (C=O) groups excluding carboxylic acids is 1. The first-order chi connectivity index (χ1) is 16.6. The Balaban J connectivity index is 0.000000639. The number of esters is 1.